The van der Waals surface area contributed by atoms with Gasteiger partial charge in [-0.25, -0.2) is 4.79 Å². The van der Waals surface area contributed by atoms with Crippen LogP contribution in [0.2, 0.25) is 10.0 Å². The van der Waals surface area contributed by atoms with Gasteiger partial charge in [-0.05, 0) is 36.8 Å². The average Bonchev–Trinajstić information content (AvgIpc) is 3.17. The quantitative estimate of drug-likeness (QED) is 0.384. The normalized spacial score (nSPS) is 10.4. The van der Waals surface area contributed by atoms with E-state index in [1.54, 1.807) is 25.1 Å². The predicted molar refractivity (Wildman–Crippen MR) is 121 cm³/mol. The molecule has 2 N–H and O–H groups in total. The van der Waals surface area contributed by atoms with Crippen molar-refractivity contribution in [3.63, 3.8) is 0 Å². The summed E-state index contributed by atoms with van der Waals surface area (Å²) in [6.07, 6.45) is 0. The van der Waals surface area contributed by atoms with Crippen molar-refractivity contribution >= 4 is 90.2 Å². The van der Waals surface area contributed by atoms with Gasteiger partial charge in [0.15, 0.2) is 5.11 Å². The fraction of sp³-hybridized carbons (Fsp3) is 0.111. The van der Waals surface area contributed by atoms with E-state index in [0.717, 1.165) is 16.0 Å². The molecule has 3 aromatic rings. The zero-order valence-electron chi connectivity index (χ0n) is 14.9. The van der Waals surface area contributed by atoms with Crippen LogP contribution in [-0.4, -0.2) is 24.1 Å². The van der Waals surface area contributed by atoms with Gasteiger partial charge in [0, 0.05) is 15.1 Å². The number of amides is 1. The molecule has 3 rings (SSSR count). The lowest BCUT2D eigenvalue weighted by molar-refractivity contribution is 0.0605. The number of hydrogen-bond donors (Lipinski definition) is 2. The maximum absolute atomic E-state index is 12.6. The first-order valence-electron chi connectivity index (χ1n) is 7.88. The van der Waals surface area contributed by atoms with Gasteiger partial charge in [0.2, 0.25) is 0 Å². The van der Waals surface area contributed by atoms with Crippen molar-refractivity contribution in [2.45, 2.75) is 6.92 Å². The minimum absolute atomic E-state index is 0.0317. The Balaban J connectivity index is 1.81. The minimum atomic E-state index is -0.553. The number of thiophene rings is 2. The molecule has 0 saturated heterocycles. The summed E-state index contributed by atoms with van der Waals surface area (Å²) in [5.74, 6) is -1.05. The Hall–Kier alpha value is -2.22. The predicted octanol–water partition coefficient (Wildman–Crippen LogP) is 5.36. The molecule has 1 aromatic carbocycles. The molecule has 0 saturated carbocycles. The van der Waals surface area contributed by atoms with Gasteiger partial charge in [-0.15, -0.1) is 22.7 Å². The monoisotopic (exact) mass is 483 g/mol. The van der Waals surface area contributed by atoms with Crippen molar-refractivity contribution in [3.05, 3.63) is 49.1 Å². The Morgan fingerprint density at radius 3 is 2.62 bits per heavy atom. The van der Waals surface area contributed by atoms with Crippen molar-refractivity contribution in [2.75, 3.05) is 12.4 Å². The topological polar surface area (TPSA) is 91.2 Å². The summed E-state index contributed by atoms with van der Waals surface area (Å²) in [4.78, 5) is 25.0. The van der Waals surface area contributed by atoms with Crippen LogP contribution in [0.4, 0.5) is 5.00 Å². The number of esters is 1. The molecule has 29 heavy (non-hydrogen) atoms. The van der Waals surface area contributed by atoms with Crippen molar-refractivity contribution in [1.82, 2.24) is 5.32 Å². The summed E-state index contributed by atoms with van der Waals surface area (Å²) in [5, 5.41) is 16.6. The van der Waals surface area contributed by atoms with E-state index in [9.17, 15) is 14.9 Å². The van der Waals surface area contributed by atoms with Gasteiger partial charge in [0.05, 0.1) is 17.7 Å². The molecule has 2 heterocycles. The van der Waals surface area contributed by atoms with Crippen LogP contribution in [0.15, 0.2) is 18.2 Å². The highest BCUT2D eigenvalue weighted by atomic mass is 35.5. The zero-order valence-corrected chi connectivity index (χ0v) is 18.8. The van der Waals surface area contributed by atoms with Crippen LogP contribution >= 0.6 is 58.1 Å². The van der Waals surface area contributed by atoms with E-state index in [1.807, 2.05) is 6.07 Å². The van der Waals surface area contributed by atoms with Crippen molar-refractivity contribution in [2.24, 2.45) is 0 Å². The number of halogens is 2. The van der Waals surface area contributed by atoms with E-state index < -0.39 is 11.9 Å². The Morgan fingerprint density at radius 2 is 1.97 bits per heavy atom. The third-order valence-corrected chi connectivity index (χ3v) is 7.16. The number of anilines is 1. The van der Waals surface area contributed by atoms with Crippen LogP contribution in [0, 0.1) is 18.3 Å². The van der Waals surface area contributed by atoms with E-state index in [-0.39, 0.29) is 20.4 Å². The number of benzene rings is 1. The van der Waals surface area contributed by atoms with Crippen LogP contribution in [0.3, 0.4) is 0 Å². The van der Waals surface area contributed by atoms with E-state index in [1.165, 1.54) is 18.4 Å². The molecule has 0 aliphatic carbocycles. The van der Waals surface area contributed by atoms with E-state index in [0.29, 0.717) is 26.0 Å². The van der Waals surface area contributed by atoms with Crippen LogP contribution < -0.4 is 10.6 Å². The number of carbonyl (C=O) groups excluding carboxylic acids is 2. The number of rotatable bonds is 3. The number of methoxy groups -OCH3 is 1. The summed E-state index contributed by atoms with van der Waals surface area (Å²) in [5.41, 5.74) is 0.729. The summed E-state index contributed by atoms with van der Waals surface area (Å²) in [6, 6.07) is 7.18. The highest BCUT2D eigenvalue weighted by Gasteiger charge is 2.23. The molecule has 0 spiro atoms. The molecule has 0 fully saturated rings. The number of thiocarbonyl (C=S) groups is 1. The van der Waals surface area contributed by atoms with Crippen LogP contribution in [0.5, 0.6) is 0 Å². The van der Waals surface area contributed by atoms with Crippen molar-refractivity contribution in [1.29, 1.82) is 5.26 Å². The van der Waals surface area contributed by atoms with Crippen LogP contribution in [0.1, 0.15) is 30.5 Å². The third kappa shape index (κ3) is 4.22. The molecule has 0 unspecified atom stereocenters. The van der Waals surface area contributed by atoms with Gasteiger partial charge < -0.3 is 10.1 Å². The second kappa shape index (κ2) is 8.65. The lowest BCUT2D eigenvalue weighted by Gasteiger charge is -2.07. The minimum Gasteiger partial charge on any atom is -0.465 e. The number of nitrogens with zero attached hydrogens (tertiary/aromatic N) is 1. The first-order valence-corrected chi connectivity index (χ1v) is 10.7. The lowest BCUT2D eigenvalue weighted by atomic mass is 10.2. The Labute approximate surface area is 189 Å². The number of fused-ring (bicyclic) bond motifs is 1. The van der Waals surface area contributed by atoms with Crippen molar-refractivity contribution < 1.29 is 14.3 Å². The largest absolute Gasteiger partial charge is 0.465 e. The molecular formula is C18H11Cl2N3O3S3. The zero-order chi connectivity index (χ0) is 21.3. The first-order chi connectivity index (χ1) is 13.8. The molecule has 0 radical (unpaired) electrons. The number of nitriles is 1. The Kier molecular flexibility index (Phi) is 6.41. The highest BCUT2D eigenvalue weighted by molar-refractivity contribution is 7.80. The summed E-state index contributed by atoms with van der Waals surface area (Å²) in [6.45, 7) is 1.64. The maximum Gasteiger partial charge on any atom is 0.348 e. The summed E-state index contributed by atoms with van der Waals surface area (Å²) in [7, 11) is 1.26. The summed E-state index contributed by atoms with van der Waals surface area (Å²) < 4.78 is 5.49. The van der Waals surface area contributed by atoms with Gasteiger partial charge in [0.25, 0.3) is 5.91 Å². The Morgan fingerprint density at radius 1 is 1.24 bits per heavy atom. The molecule has 0 bridgehead atoms. The van der Waals surface area contributed by atoms with Crippen molar-refractivity contribution in [3.8, 4) is 6.07 Å². The Bertz CT molecular complexity index is 1210. The second-order valence-corrected chi connectivity index (χ2v) is 8.95. The fourth-order valence-corrected chi connectivity index (χ4v) is 5.53. The summed E-state index contributed by atoms with van der Waals surface area (Å²) >= 11 is 19.7. The molecule has 6 nitrogen and oxygen atoms in total. The maximum atomic E-state index is 12.6. The number of carbonyl (C=O) groups is 2. The van der Waals surface area contributed by atoms with Crippen LogP contribution in [0.25, 0.3) is 10.1 Å². The smallest absolute Gasteiger partial charge is 0.348 e. The molecule has 2 aromatic heterocycles. The average molecular weight is 484 g/mol. The van der Waals surface area contributed by atoms with E-state index >= 15 is 0 Å². The number of nitrogens with one attached hydrogen (secondary N) is 2. The molecule has 0 aliphatic rings. The van der Waals surface area contributed by atoms with Gasteiger partial charge in [-0.1, -0.05) is 29.3 Å². The van der Waals surface area contributed by atoms with Gasteiger partial charge in [0.1, 0.15) is 20.8 Å². The van der Waals surface area contributed by atoms with Gasteiger partial charge >= 0.3 is 5.97 Å². The molecule has 11 heteroatoms. The van der Waals surface area contributed by atoms with Gasteiger partial charge in [-0.2, -0.15) is 5.26 Å². The molecule has 0 aliphatic heterocycles. The molecular weight excluding hydrogens is 473 g/mol. The fourth-order valence-electron chi connectivity index (χ4n) is 2.50. The van der Waals surface area contributed by atoms with E-state index in [4.69, 9.17) is 40.2 Å². The van der Waals surface area contributed by atoms with E-state index in [2.05, 4.69) is 10.6 Å². The number of hydrogen-bond acceptors (Lipinski definition) is 7. The molecule has 0 atom stereocenters. The standard InChI is InChI=1S/C18H11Cl2N3O3S3/c1-7-10(6-21)16(29-13(7)17(25)26-2)23-18(27)22-15(24)14-12(20)9-4-3-8(19)5-11(9)28-14/h3-5H,1-2H3,(H2,22,23,24,27). The first kappa shape index (κ1) is 21.5. The highest BCUT2D eigenvalue weighted by Crippen LogP contribution is 2.37. The van der Waals surface area contributed by atoms with Crippen LogP contribution in [-0.2, 0) is 4.74 Å². The van der Waals surface area contributed by atoms with Gasteiger partial charge in [-0.3, -0.25) is 10.1 Å². The SMILES string of the molecule is COC(=O)c1sc(NC(=S)NC(=O)c2sc3cc(Cl)ccc3c2Cl)c(C#N)c1C. The molecule has 1 amide bonds. The third-order valence-electron chi connectivity index (χ3n) is 3.88. The second-order valence-electron chi connectivity index (χ2n) is 5.66. The molecule has 148 valence electrons. The lowest BCUT2D eigenvalue weighted by Crippen LogP contribution is -2.33. The number of ether oxygens (including phenoxy) is 1.